The van der Waals surface area contributed by atoms with Crippen LogP contribution in [0.25, 0.3) is 0 Å². The Morgan fingerprint density at radius 1 is 0.903 bits per heavy atom. The number of likely N-dealkylation sites (tertiary alicyclic amines) is 1. The fourth-order valence-electron chi connectivity index (χ4n) is 4.86. The zero-order valence-corrected chi connectivity index (χ0v) is 17.9. The molecule has 0 aliphatic carbocycles. The summed E-state index contributed by atoms with van der Waals surface area (Å²) in [6.45, 7) is 5.88. The van der Waals surface area contributed by atoms with Crippen LogP contribution in [0.2, 0.25) is 0 Å². The van der Waals surface area contributed by atoms with Crippen molar-refractivity contribution in [2.75, 3.05) is 37.7 Å². The first-order valence-corrected chi connectivity index (χ1v) is 11.3. The van der Waals surface area contributed by atoms with Gasteiger partial charge in [0.25, 0.3) is 0 Å². The molecule has 0 bridgehead atoms. The highest BCUT2D eigenvalue weighted by Gasteiger charge is 2.27. The van der Waals surface area contributed by atoms with Crippen LogP contribution in [0.4, 0.5) is 5.69 Å². The topological polar surface area (TPSA) is 35.9 Å². The third kappa shape index (κ3) is 4.54. The van der Waals surface area contributed by atoms with Crippen molar-refractivity contribution in [3.05, 3.63) is 89.5 Å². The zero-order valence-electron chi connectivity index (χ0n) is 17.9. The Hall–Kier alpha value is -2.98. The lowest BCUT2D eigenvalue weighted by molar-refractivity contribution is 0.237. The molecule has 4 heteroatoms. The van der Waals surface area contributed by atoms with Crippen LogP contribution in [-0.4, -0.2) is 42.8 Å². The van der Waals surface area contributed by atoms with Crippen molar-refractivity contribution in [3.8, 4) is 11.5 Å². The lowest BCUT2D eigenvalue weighted by Crippen LogP contribution is -2.34. The molecule has 160 valence electrons. The summed E-state index contributed by atoms with van der Waals surface area (Å²) >= 11 is 0. The molecule has 0 spiro atoms. The van der Waals surface area contributed by atoms with E-state index in [1.807, 2.05) is 6.07 Å². The first-order valence-electron chi connectivity index (χ1n) is 11.3. The largest absolute Gasteiger partial charge is 0.508 e. The Morgan fingerprint density at radius 3 is 2.45 bits per heavy atom. The molecule has 1 N–H and O–H groups in total. The second-order valence-electron chi connectivity index (χ2n) is 8.62. The molecule has 0 saturated carbocycles. The number of benzene rings is 3. The van der Waals surface area contributed by atoms with Gasteiger partial charge >= 0.3 is 0 Å². The van der Waals surface area contributed by atoms with E-state index in [1.54, 1.807) is 6.07 Å². The minimum atomic E-state index is 0.203. The Labute approximate surface area is 184 Å². The molecule has 2 aliphatic rings. The van der Waals surface area contributed by atoms with Crippen LogP contribution >= 0.6 is 0 Å². The second kappa shape index (κ2) is 9.03. The predicted octanol–water partition coefficient (Wildman–Crippen LogP) is 5.02. The molecule has 31 heavy (non-hydrogen) atoms. The molecule has 1 fully saturated rings. The van der Waals surface area contributed by atoms with Gasteiger partial charge in [-0.05, 0) is 79.0 Å². The van der Waals surface area contributed by atoms with Gasteiger partial charge < -0.3 is 14.7 Å². The summed E-state index contributed by atoms with van der Waals surface area (Å²) in [6.07, 6.45) is 2.63. The molecule has 1 saturated heterocycles. The quantitative estimate of drug-likeness (QED) is 0.614. The van der Waals surface area contributed by atoms with Crippen molar-refractivity contribution >= 4 is 5.69 Å². The number of aromatic hydroxyl groups is 1. The maximum Gasteiger partial charge on any atom is 0.119 e. The Morgan fingerprint density at radius 2 is 1.68 bits per heavy atom. The number of phenols is 1. The van der Waals surface area contributed by atoms with Crippen LogP contribution in [0, 0.1) is 0 Å². The third-order valence-corrected chi connectivity index (χ3v) is 6.55. The van der Waals surface area contributed by atoms with Crippen LogP contribution in [0.3, 0.4) is 0 Å². The standard InChI is InChI=1S/C27H30N2O2/c30-24-11-8-22-19-29(23-6-2-1-3-7-23)20-27(26(22)18-24)21-9-12-25(13-10-21)31-17-16-28-14-4-5-15-28/h1-3,6-13,18,27,30H,4-5,14-17,19-20H2. The molecule has 3 aromatic rings. The van der Waals surface area contributed by atoms with Gasteiger partial charge in [-0.3, -0.25) is 4.90 Å². The van der Waals surface area contributed by atoms with Crippen molar-refractivity contribution in [3.63, 3.8) is 0 Å². The highest BCUT2D eigenvalue weighted by atomic mass is 16.5. The molecule has 0 aromatic heterocycles. The van der Waals surface area contributed by atoms with E-state index in [-0.39, 0.29) is 5.92 Å². The normalized spacial score (nSPS) is 18.7. The summed E-state index contributed by atoms with van der Waals surface area (Å²) in [5.74, 6) is 1.46. The average molecular weight is 415 g/mol. The fourth-order valence-corrected chi connectivity index (χ4v) is 4.86. The van der Waals surface area contributed by atoms with Crippen molar-refractivity contribution in [1.29, 1.82) is 0 Å². The van der Waals surface area contributed by atoms with Gasteiger partial charge in [0.1, 0.15) is 18.1 Å². The highest BCUT2D eigenvalue weighted by molar-refractivity contribution is 5.54. The number of nitrogens with zero attached hydrogens (tertiary/aromatic N) is 2. The predicted molar refractivity (Wildman–Crippen MR) is 125 cm³/mol. The van der Waals surface area contributed by atoms with Gasteiger partial charge in [-0.1, -0.05) is 36.4 Å². The Kier molecular flexibility index (Phi) is 5.81. The molecule has 1 unspecified atom stereocenters. The average Bonchev–Trinajstić information content (AvgIpc) is 3.33. The Bertz CT molecular complexity index is 998. The second-order valence-corrected chi connectivity index (χ2v) is 8.62. The summed E-state index contributed by atoms with van der Waals surface area (Å²) in [5, 5.41) is 10.1. The van der Waals surface area contributed by atoms with E-state index in [1.165, 1.54) is 48.3 Å². The molecule has 4 nitrogen and oxygen atoms in total. The van der Waals surface area contributed by atoms with E-state index in [0.29, 0.717) is 5.75 Å². The maximum absolute atomic E-state index is 10.1. The molecular formula is C27H30N2O2. The smallest absolute Gasteiger partial charge is 0.119 e. The molecule has 0 amide bonds. The van der Waals surface area contributed by atoms with Crippen molar-refractivity contribution < 1.29 is 9.84 Å². The summed E-state index contributed by atoms with van der Waals surface area (Å²) < 4.78 is 6.00. The third-order valence-electron chi connectivity index (χ3n) is 6.55. The summed E-state index contributed by atoms with van der Waals surface area (Å²) in [7, 11) is 0. The number of phenolic OH excluding ortho intramolecular Hbond substituents is 1. The summed E-state index contributed by atoms with van der Waals surface area (Å²) in [4.78, 5) is 4.89. The van der Waals surface area contributed by atoms with Crippen LogP contribution in [0.5, 0.6) is 11.5 Å². The van der Waals surface area contributed by atoms with Crippen molar-refractivity contribution in [1.82, 2.24) is 4.90 Å². The van der Waals surface area contributed by atoms with Crippen molar-refractivity contribution in [2.45, 2.75) is 25.3 Å². The van der Waals surface area contributed by atoms with E-state index in [2.05, 4.69) is 70.5 Å². The van der Waals surface area contributed by atoms with Crippen LogP contribution in [0.1, 0.15) is 35.4 Å². The minimum Gasteiger partial charge on any atom is -0.508 e. The lowest BCUT2D eigenvalue weighted by Gasteiger charge is -2.36. The van der Waals surface area contributed by atoms with Gasteiger partial charge in [0.15, 0.2) is 0 Å². The molecule has 5 rings (SSSR count). The number of ether oxygens (including phenoxy) is 1. The van der Waals surface area contributed by atoms with Crippen molar-refractivity contribution in [2.24, 2.45) is 0 Å². The first kappa shape index (κ1) is 20.0. The molecular weight excluding hydrogens is 384 g/mol. The summed E-state index contributed by atoms with van der Waals surface area (Å²) in [5.41, 5.74) is 4.96. The fraction of sp³-hybridized carbons (Fsp3) is 0.333. The van der Waals surface area contributed by atoms with E-state index < -0.39 is 0 Å². The van der Waals surface area contributed by atoms with E-state index in [9.17, 15) is 5.11 Å². The number of rotatable bonds is 6. The van der Waals surface area contributed by atoms with Gasteiger partial charge in [0, 0.05) is 31.2 Å². The number of hydrogen-bond acceptors (Lipinski definition) is 4. The van der Waals surface area contributed by atoms with Gasteiger partial charge in [-0.2, -0.15) is 0 Å². The lowest BCUT2D eigenvalue weighted by atomic mass is 9.84. The minimum absolute atomic E-state index is 0.203. The van der Waals surface area contributed by atoms with Crippen LogP contribution in [-0.2, 0) is 6.54 Å². The molecule has 2 heterocycles. The molecule has 3 aromatic carbocycles. The van der Waals surface area contributed by atoms with E-state index in [0.717, 1.165) is 32.0 Å². The number of para-hydroxylation sites is 1. The maximum atomic E-state index is 10.1. The summed E-state index contributed by atoms with van der Waals surface area (Å²) in [6, 6.07) is 24.9. The SMILES string of the molecule is Oc1ccc2c(c1)C(c1ccc(OCCN3CCCC3)cc1)CN(c1ccccc1)C2. The number of anilines is 1. The first-order chi connectivity index (χ1) is 15.3. The monoisotopic (exact) mass is 414 g/mol. The number of hydrogen-bond donors (Lipinski definition) is 1. The van der Waals surface area contributed by atoms with E-state index in [4.69, 9.17) is 4.74 Å². The molecule has 0 radical (unpaired) electrons. The molecule has 1 atom stereocenters. The molecule has 2 aliphatic heterocycles. The number of fused-ring (bicyclic) bond motifs is 1. The van der Waals surface area contributed by atoms with Gasteiger partial charge in [0.2, 0.25) is 0 Å². The van der Waals surface area contributed by atoms with E-state index >= 15 is 0 Å². The zero-order chi connectivity index (χ0) is 21.0. The van der Waals surface area contributed by atoms with Crippen LogP contribution < -0.4 is 9.64 Å². The van der Waals surface area contributed by atoms with Crippen LogP contribution in [0.15, 0.2) is 72.8 Å². The van der Waals surface area contributed by atoms with Gasteiger partial charge in [-0.25, -0.2) is 0 Å². The van der Waals surface area contributed by atoms with Gasteiger partial charge in [-0.15, -0.1) is 0 Å². The highest BCUT2D eigenvalue weighted by Crippen LogP contribution is 2.37. The van der Waals surface area contributed by atoms with Gasteiger partial charge in [0.05, 0.1) is 0 Å². The Balaban J connectivity index is 1.34.